The highest BCUT2D eigenvalue weighted by molar-refractivity contribution is 5.99. The number of rotatable bonds is 5. The summed E-state index contributed by atoms with van der Waals surface area (Å²) in [5, 5.41) is 3.26. The van der Waals surface area contributed by atoms with Crippen LogP contribution in [0.5, 0.6) is 0 Å². The molecule has 0 atom stereocenters. The summed E-state index contributed by atoms with van der Waals surface area (Å²) in [7, 11) is 0. The molecule has 0 unspecified atom stereocenters. The zero-order valence-electron chi connectivity index (χ0n) is 12.3. The molecule has 1 N–H and O–H groups in total. The van der Waals surface area contributed by atoms with Crippen LogP contribution in [-0.2, 0) is 0 Å². The number of anilines is 1. The molecule has 2 heteroatoms. The molecule has 0 spiro atoms. The first-order valence-electron chi connectivity index (χ1n) is 7.00. The molecule has 0 saturated carbocycles. The third-order valence-corrected chi connectivity index (χ3v) is 3.40. The van der Waals surface area contributed by atoms with Crippen molar-refractivity contribution in [3.63, 3.8) is 0 Å². The fourth-order valence-corrected chi connectivity index (χ4v) is 2.18. The Hall–Kier alpha value is -2.09. The van der Waals surface area contributed by atoms with Crippen molar-refractivity contribution in [3.8, 4) is 0 Å². The Labute approximate surface area is 120 Å². The van der Waals surface area contributed by atoms with Crippen molar-refractivity contribution in [2.24, 2.45) is 0 Å². The second kappa shape index (κ2) is 6.38. The van der Waals surface area contributed by atoms with Gasteiger partial charge in [-0.1, -0.05) is 61.9 Å². The molecule has 0 heterocycles. The molecule has 0 radical (unpaired) electrons. The van der Waals surface area contributed by atoms with Gasteiger partial charge in [0.2, 0.25) is 0 Å². The summed E-state index contributed by atoms with van der Waals surface area (Å²) >= 11 is 0. The SMILES string of the molecule is Cc1ccc(C(=O)CNc2ccccc2C(C)C)cc1. The van der Waals surface area contributed by atoms with Gasteiger partial charge < -0.3 is 5.32 Å². The molecule has 0 aliphatic carbocycles. The van der Waals surface area contributed by atoms with E-state index in [9.17, 15) is 4.79 Å². The van der Waals surface area contributed by atoms with E-state index in [0.29, 0.717) is 12.5 Å². The van der Waals surface area contributed by atoms with Crippen LogP contribution in [0.3, 0.4) is 0 Å². The Balaban J connectivity index is 2.05. The lowest BCUT2D eigenvalue weighted by Gasteiger charge is -2.14. The number of ketones is 1. The first-order valence-corrected chi connectivity index (χ1v) is 7.00. The van der Waals surface area contributed by atoms with Crippen LogP contribution in [0.2, 0.25) is 0 Å². The van der Waals surface area contributed by atoms with E-state index in [1.807, 2.05) is 49.4 Å². The second-order valence-electron chi connectivity index (χ2n) is 5.38. The number of aryl methyl sites for hydroxylation is 1. The standard InChI is InChI=1S/C18H21NO/c1-13(2)16-6-4-5-7-17(16)19-12-18(20)15-10-8-14(3)9-11-15/h4-11,13,19H,12H2,1-3H3. The van der Waals surface area contributed by atoms with Gasteiger partial charge in [-0.15, -0.1) is 0 Å². The summed E-state index contributed by atoms with van der Waals surface area (Å²) in [6, 6.07) is 15.8. The maximum absolute atomic E-state index is 12.1. The molecule has 0 amide bonds. The Morgan fingerprint density at radius 2 is 1.70 bits per heavy atom. The number of hydrogen-bond acceptors (Lipinski definition) is 2. The fourth-order valence-electron chi connectivity index (χ4n) is 2.18. The minimum absolute atomic E-state index is 0.114. The van der Waals surface area contributed by atoms with E-state index in [1.54, 1.807) is 0 Å². The molecule has 20 heavy (non-hydrogen) atoms. The van der Waals surface area contributed by atoms with E-state index in [-0.39, 0.29) is 5.78 Å². The number of carbonyl (C=O) groups excluding carboxylic acids is 1. The number of benzene rings is 2. The van der Waals surface area contributed by atoms with Gasteiger partial charge in [-0.3, -0.25) is 4.79 Å². The monoisotopic (exact) mass is 267 g/mol. The summed E-state index contributed by atoms with van der Waals surface area (Å²) in [6.45, 7) is 6.66. The zero-order valence-corrected chi connectivity index (χ0v) is 12.3. The van der Waals surface area contributed by atoms with Crippen LogP contribution in [0.1, 0.15) is 41.3 Å². The molecule has 0 bridgehead atoms. The quantitative estimate of drug-likeness (QED) is 0.813. The summed E-state index contributed by atoms with van der Waals surface area (Å²) < 4.78 is 0. The highest BCUT2D eigenvalue weighted by Crippen LogP contribution is 2.23. The highest BCUT2D eigenvalue weighted by atomic mass is 16.1. The summed E-state index contributed by atoms with van der Waals surface area (Å²) in [4.78, 5) is 12.1. The van der Waals surface area contributed by atoms with Crippen molar-refractivity contribution in [2.75, 3.05) is 11.9 Å². The van der Waals surface area contributed by atoms with Gasteiger partial charge >= 0.3 is 0 Å². The predicted molar refractivity (Wildman–Crippen MR) is 84.5 cm³/mol. The van der Waals surface area contributed by atoms with Crippen LogP contribution in [0.15, 0.2) is 48.5 Å². The van der Waals surface area contributed by atoms with Crippen molar-refractivity contribution in [3.05, 3.63) is 65.2 Å². The second-order valence-corrected chi connectivity index (χ2v) is 5.38. The lowest BCUT2D eigenvalue weighted by atomic mass is 10.0. The van der Waals surface area contributed by atoms with Crippen LogP contribution in [0.25, 0.3) is 0 Å². The summed E-state index contributed by atoms with van der Waals surface area (Å²) in [6.07, 6.45) is 0. The third kappa shape index (κ3) is 3.47. The first-order chi connectivity index (χ1) is 9.58. The van der Waals surface area contributed by atoms with Crippen molar-refractivity contribution < 1.29 is 4.79 Å². The van der Waals surface area contributed by atoms with Crippen LogP contribution in [0, 0.1) is 6.92 Å². The van der Waals surface area contributed by atoms with E-state index in [4.69, 9.17) is 0 Å². The van der Waals surface area contributed by atoms with Crippen molar-refractivity contribution in [1.29, 1.82) is 0 Å². The number of para-hydroxylation sites is 1. The largest absolute Gasteiger partial charge is 0.377 e. The minimum atomic E-state index is 0.114. The molecule has 104 valence electrons. The topological polar surface area (TPSA) is 29.1 Å². The molecule has 2 rings (SSSR count). The molecule has 2 aromatic rings. The van der Waals surface area contributed by atoms with Gasteiger partial charge in [-0.25, -0.2) is 0 Å². The maximum Gasteiger partial charge on any atom is 0.181 e. The molecular formula is C18H21NO. The van der Waals surface area contributed by atoms with Crippen molar-refractivity contribution >= 4 is 11.5 Å². The Kier molecular flexibility index (Phi) is 4.57. The molecule has 0 aromatic heterocycles. The molecule has 0 aliphatic heterocycles. The predicted octanol–water partition coefficient (Wildman–Crippen LogP) is 4.41. The molecule has 0 saturated heterocycles. The van der Waals surface area contributed by atoms with E-state index in [0.717, 1.165) is 11.3 Å². The van der Waals surface area contributed by atoms with Crippen molar-refractivity contribution in [2.45, 2.75) is 26.7 Å². The normalized spacial score (nSPS) is 10.6. The third-order valence-electron chi connectivity index (χ3n) is 3.40. The Bertz CT molecular complexity index is 585. The van der Waals surface area contributed by atoms with Gasteiger partial charge in [0.05, 0.1) is 6.54 Å². The van der Waals surface area contributed by atoms with Gasteiger partial charge in [0.1, 0.15) is 0 Å². The molecule has 2 aromatic carbocycles. The van der Waals surface area contributed by atoms with E-state index in [1.165, 1.54) is 11.1 Å². The lowest BCUT2D eigenvalue weighted by Crippen LogP contribution is -2.15. The smallest absolute Gasteiger partial charge is 0.181 e. The average molecular weight is 267 g/mol. The van der Waals surface area contributed by atoms with E-state index < -0.39 is 0 Å². The minimum Gasteiger partial charge on any atom is -0.377 e. The van der Waals surface area contributed by atoms with Crippen LogP contribution in [-0.4, -0.2) is 12.3 Å². The van der Waals surface area contributed by atoms with E-state index >= 15 is 0 Å². The molecule has 2 nitrogen and oxygen atoms in total. The fraction of sp³-hybridized carbons (Fsp3) is 0.278. The average Bonchev–Trinajstić information content (AvgIpc) is 2.45. The Morgan fingerprint density at radius 1 is 1.05 bits per heavy atom. The molecular weight excluding hydrogens is 246 g/mol. The lowest BCUT2D eigenvalue weighted by molar-refractivity contribution is 0.101. The van der Waals surface area contributed by atoms with Gasteiger partial charge in [0, 0.05) is 11.3 Å². The van der Waals surface area contributed by atoms with Gasteiger partial charge in [-0.2, -0.15) is 0 Å². The number of nitrogens with one attached hydrogen (secondary N) is 1. The summed E-state index contributed by atoms with van der Waals surface area (Å²) in [5.74, 6) is 0.553. The van der Waals surface area contributed by atoms with Gasteiger partial charge in [0.25, 0.3) is 0 Å². The molecule has 0 aliphatic rings. The number of carbonyl (C=O) groups is 1. The number of hydrogen-bond donors (Lipinski definition) is 1. The zero-order chi connectivity index (χ0) is 14.5. The highest BCUT2D eigenvalue weighted by Gasteiger charge is 2.08. The first kappa shape index (κ1) is 14.3. The van der Waals surface area contributed by atoms with Crippen LogP contribution >= 0.6 is 0 Å². The van der Waals surface area contributed by atoms with Gasteiger partial charge in [0.15, 0.2) is 5.78 Å². The van der Waals surface area contributed by atoms with Crippen molar-refractivity contribution in [1.82, 2.24) is 0 Å². The Morgan fingerprint density at radius 3 is 2.35 bits per heavy atom. The number of Topliss-reactive ketones (excluding diaryl/α,β-unsaturated/α-hetero) is 1. The van der Waals surface area contributed by atoms with E-state index in [2.05, 4.69) is 25.2 Å². The molecule has 0 fully saturated rings. The maximum atomic E-state index is 12.1. The van der Waals surface area contributed by atoms with Crippen LogP contribution in [0.4, 0.5) is 5.69 Å². The summed E-state index contributed by atoms with van der Waals surface area (Å²) in [5.41, 5.74) is 4.21. The van der Waals surface area contributed by atoms with Gasteiger partial charge in [-0.05, 0) is 24.5 Å². The van der Waals surface area contributed by atoms with Crippen LogP contribution < -0.4 is 5.32 Å².